The fraction of sp³-hybridized carbons (Fsp3) is 0.556. The molecule has 1 atom stereocenters. The van der Waals surface area contributed by atoms with Crippen LogP contribution in [0.2, 0.25) is 0 Å². The zero-order chi connectivity index (χ0) is 10.1. The van der Waals surface area contributed by atoms with Gasteiger partial charge in [0.2, 0.25) is 0 Å². The molecule has 1 unspecified atom stereocenters. The predicted octanol–water partition coefficient (Wildman–Crippen LogP) is 1.06. The largest absolute Gasteiger partial charge is 0.498 e. The lowest BCUT2D eigenvalue weighted by Crippen LogP contribution is -2.04. The number of ether oxygens (including phenoxy) is 2. The Bertz CT molecular complexity index is 186. The fourth-order valence-electron chi connectivity index (χ4n) is 0.668. The molecule has 0 rings (SSSR count). The molecule has 0 aliphatic rings. The number of hydrogen-bond donors (Lipinski definition) is 0. The van der Waals surface area contributed by atoms with E-state index in [0.717, 1.165) is 6.29 Å². The van der Waals surface area contributed by atoms with Crippen LogP contribution >= 0.6 is 0 Å². The van der Waals surface area contributed by atoms with Crippen molar-refractivity contribution in [2.45, 2.75) is 25.9 Å². The van der Waals surface area contributed by atoms with Gasteiger partial charge in [0.1, 0.15) is 6.29 Å². The Morgan fingerprint density at radius 1 is 1.54 bits per heavy atom. The highest BCUT2D eigenvalue weighted by molar-refractivity contribution is 5.81. The number of hydrogen-bond acceptors (Lipinski definition) is 4. The minimum absolute atomic E-state index is 0.0638. The predicted molar refractivity (Wildman–Crippen MR) is 47.0 cm³/mol. The summed E-state index contributed by atoms with van der Waals surface area (Å²) in [4.78, 5) is 20.6. The summed E-state index contributed by atoms with van der Waals surface area (Å²) in [5.74, 6) is -0.456. The van der Waals surface area contributed by atoms with Crippen LogP contribution < -0.4 is 0 Å². The van der Waals surface area contributed by atoms with E-state index >= 15 is 0 Å². The Kier molecular flexibility index (Phi) is 6.59. The summed E-state index contributed by atoms with van der Waals surface area (Å²) in [5, 5.41) is 0. The highest BCUT2D eigenvalue weighted by atomic mass is 16.5. The van der Waals surface area contributed by atoms with Crippen molar-refractivity contribution in [3.05, 3.63) is 12.3 Å². The molecule has 0 heterocycles. The lowest BCUT2D eigenvalue weighted by molar-refractivity contribution is -0.135. The van der Waals surface area contributed by atoms with Crippen LogP contribution in [-0.2, 0) is 19.1 Å². The normalized spacial score (nSPS) is 12.5. The smallest absolute Gasteiger partial charge is 0.333 e. The van der Waals surface area contributed by atoms with Gasteiger partial charge in [-0.15, -0.1) is 0 Å². The molecule has 0 radical (unpaired) electrons. The number of rotatable bonds is 6. The first kappa shape index (κ1) is 11.7. The third-order valence-electron chi connectivity index (χ3n) is 1.41. The molecule has 0 N–H and O–H groups in total. The van der Waals surface area contributed by atoms with Gasteiger partial charge >= 0.3 is 5.97 Å². The molecule has 4 nitrogen and oxygen atoms in total. The van der Waals surface area contributed by atoms with Gasteiger partial charge in [-0.25, -0.2) is 4.79 Å². The van der Waals surface area contributed by atoms with Crippen molar-refractivity contribution in [3.8, 4) is 0 Å². The van der Waals surface area contributed by atoms with Crippen LogP contribution in [0.4, 0.5) is 0 Å². The van der Waals surface area contributed by atoms with Crippen molar-refractivity contribution in [2.75, 3.05) is 7.11 Å². The van der Waals surface area contributed by atoms with Gasteiger partial charge in [-0.3, -0.25) is 0 Å². The second-order valence-corrected chi connectivity index (χ2v) is 2.52. The van der Waals surface area contributed by atoms with Crippen LogP contribution in [-0.4, -0.2) is 25.5 Å². The summed E-state index contributed by atoms with van der Waals surface area (Å²) in [6, 6.07) is 0. The fourth-order valence-corrected chi connectivity index (χ4v) is 0.668. The minimum atomic E-state index is -0.456. The summed E-state index contributed by atoms with van der Waals surface area (Å²) in [6.45, 7) is 1.82. The molecule has 0 fully saturated rings. The Labute approximate surface area is 77.5 Å². The van der Waals surface area contributed by atoms with Gasteiger partial charge in [-0.05, 0) is 13.3 Å². The number of aldehydes is 1. The monoisotopic (exact) mass is 186 g/mol. The lowest BCUT2D eigenvalue weighted by Gasteiger charge is -2.07. The molecule has 13 heavy (non-hydrogen) atoms. The number of carbonyl (C=O) groups excluding carboxylic acids is 2. The number of methoxy groups -OCH3 is 1. The molecule has 4 heteroatoms. The highest BCUT2D eigenvalue weighted by Gasteiger charge is 1.99. The maximum absolute atomic E-state index is 10.6. The van der Waals surface area contributed by atoms with E-state index in [0.29, 0.717) is 12.8 Å². The van der Waals surface area contributed by atoms with Crippen molar-refractivity contribution in [1.29, 1.82) is 0 Å². The number of esters is 1. The van der Waals surface area contributed by atoms with Crippen molar-refractivity contribution in [1.82, 2.24) is 0 Å². The van der Waals surface area contributed by atoms with E-state index in [2.05, 4.69) is 4.74 Å². The Hall–Kier alpha value is -1.32. The van der Waals surface area contributed by atoms with Crippen LogP contribution in [0, 0.1) is 0 Å². The second-order valence-electron chi connectivity index (χ2n) is 2.52. The van der Waals surface area contributed by atoms with E-state index in [1.165, 1.54) is 19.4 Å². The molecule has 74 valence electrons. The van der Waals surface area contributed by atoms with E-state index in [-0.39, 0.29) is 6.10 Å². The Morgan fingerprint density at radius 2 is 2.23 bits per heavy atom. The summed E-state index contributed by atoms with van der Waals surface area (Å²) in [6.07, 6.45) is 4.36. The van der Waals surface area contributed by atoms with Gasteiger partial charge in [0.05, 0.1) is 25.6 Å². The van der Waals surface area contributed by atoms with Crippen molar-refractivity contribution in [2.24, 2.45) is 0 Å². The van der Waals surface area contributed by atoms with Gasteiger partial charge in [0, 0.05) is 6.42 Å². The van der Waals surface area contributed by atoms with Crippen LogP contribution in [0.3, 0.4) is 0 Å². The molecule has 0 aliphatic carbocycles. The first-order valence-electron chi connectivity index (χ1n) is 4.04. The molecule has 0 saturated carbocycles. The second kappa shape index (κ2) is 7.34. The third kappa shape index (κ3) is 7.05. The molecule has 0 aromatic rings. The van der Waals surface area contributed by atoms with Gasteiger partial charge in [-0.1, -0.05) is 0 Å². The molecule has 0 aromatic carbocycles. The van der Waals surface area contributed by atoms with Gasteiger partial charge in [0.25, 0.3) is 0 Å². The molecule has 0 aliphatic heterocycles. The summed E-state index contributed by atoms with van der Waals surface area (Å²) >= 11 is 0. The minimum Gasteiger partial charge on any atom is -0.498 e. The average molecular weight is 186 g/mol. The van der Waals surface area contributed by atoms with E-state index in [4.69, 9.17) is 4.74 Å². The maximum Gasteiger partial charge on any atom is 0.333 e. The van der Waals surface area contributed by atoms with Crippen LogP contribution in [0.15, 0.2) is 12.3 Å². The summed E-state index contributed by atoms with van der Waals surface area (Å²) in [5.41, 5.74) is 0. The standard InChI is InChI=1S/C9H14O4/c1-8(4-3-6-10)13-7-5-9(11)12-2/h5-8H,3-4H2,1-2H3/b7-5+. The van der Waals surface area contributed by atoms with Gasteiger partial charge < -0.3 is 14.3 Å². The molecule has 0 bridgehead atoms. The maximum atomic E-state index is 10.6. The quantitative estimate of drug-likeness (QED) is 0.269. The summed E-state index contributed by atoms with van der Waals surface area (Å²) < 4.78 is 9.43. The van der Waals surface area contributed by atoms with Gasteiger partial charge in [-0.2, -0.15) is 0 Å². The lowest BCUT2D eigenvalue weighted by atomic mass is 10.2. The average Bonchev–Trinajstić information content (AvgIpc) is 2.14. The Morgan fingerprint density at radius 3 is 2.77 bits per heavy atom. The van der Waals surface area contributed by atoms with E-state index < -0.39 is 5.97 Å². The van der Waals surface area contributed by atoms with Crippen molar-refractivity contribution < 1.29 is 19.1 Å². The molecule has 0 amide bonds. The molecule has 0 spiro atoms. The molecular formula is C9H14O4. The van der Waals surface area contributed by atoms with E-state index in [1.54, 1.807) is 0 Å². The zero-order valence-electron chi connectivity index (χ0n) is 7.86. The molecule has 0 aromatic heterocycles. The molecular weight excluding hydrogens is 172 g/mol. The van der Waals surface area contributed by atoms with Crippen LogP contribution in [0.5, 0.6) is 0 Å². The number of carbonyl (C=O) groups is 2. The highest BCUT2D eigenvalue weighted by Crippen LogP contribution is 1.99. The van der Waals surface area contributed by atoms with E-state index in [1.807, 2.05) is 6.92 Å². The van der Waals surface area contributed by atoms with Gasteiger partial charge in [0.15, 0.2) is 0 Å². The first-order chi connectivity index (χ1) is 6.20. The first-order valence-corrected chi connectivity index (χ1v) is 4.04. The zero-order valence-corrected chi connectivity index (χ0v) is 7.86. The SMILES string of the molecule is COC(=O)/C=C/OC(C)CCC=O. The summed E-state index contributed by atoms with van der Waals surface area (Å²) in [7, 11) is 1.29. The third-order valence-corrected chi connectivity index (χ3v) is 1.41. The van der Waals surface area contributed by atoms with E-state index in [9.17, 15) is 9.59 Å². The Balaban J connectivity index is 3.55. The molecule has 0 saturated heterocycles. The topological polar surface area (TPSA) is 52.6 Å². The van der Waals surface area contributed by atoms with Crippen molar-refractivity contribution >= 4 is 12.3 Å². The van der Waals surface area contributed by atoms with Crippen LogP contribution in [0.25, 0.3) is 0 Å². The van der Waals surface area contributed by atoms with Crippen LogP contribution in [0.1, 0.15) is 19.8 Å². The van der Waals surface area contributed by atoms with Crippen molar-refractivity contribution in [3.63, 3.8) is 0 Å².